The Hall–Kier alpha value is -1.01. The van der Waals surface area contributed by atoms with E-state index in [-0.39, 0.29) is 5.56 Å². The molecule has 0 bridgehead atoms. The Morgan fingerprint density at radius 2 is 2.06 bits per heavy atom. The average molecular weight is 275 g/mol. The number of carbonyl (C=O) groups excluding carboxylic acids is 1. The van der Waals surface area contributed by atoms with Gasteiger partial charge in [-0.15, -0.1) is 0 Å². The van der Waals surface area contributed by atoms with Gasteiger partial charge >= 0.3 is 6.18 Å². The molecule has 2 rings (SSSR count). The average Bonchev–Trinajstić information content (AvgIpc) is 2.38. The lowest BCUT2D eigenvalue weighted by atomic mass is 9.99. The van der Waals surface area contributed by atoms with E-state index in [1.807, 2.05) is 0 Å². The number of nitrogens with one attached hydrogen (secondary N) is 1. The van der Waals surface area contributed by atoms with Crippen LogP contribution in [0, 0.1) is 0 Å². The Balaban J connectivity index is 2.30. The summed E-state index contributed by atoms with van der Waals surface area (Å²) >= 11 is 1.57. The lowest BCUT2D eigenvalue weighted by molar-refractivity contribution is -0.137. The molecule has 98 valence electrons. The molecular weight excluding hydrogens is 263 g/mol. The van der Waals surface area contributed by atoms with Crippen molar-refractivity contribution in [3.63, 3.8) is 0 Å². The molecule has 18 heavy (non-hydrogen) atoms. The number of thioether (sulfide) groups is 1. The molecule has 0 amide bonds. The van der Waals surface area contributed by atoms with Crippen LogP contribution in [0.2, 0.25) is 0 Å². The van der Waals surface area contributed by atoms with Crippen LogP contribution in [0.1, 0.15) is 15.9 Å². The van der Waals surface area contributed by atoms with Crippen LogP contribution >= 0.6 is 11.8 Å². The number of hydrogen-bond donors (Lipinski definition) is 1. The Bertz CT molecular complexity index is 441. The van der Waals surface area contributed by atoms with Gasteiger partial charge in [0.05, 0.1) is 11.6 Å². The Morgan fingerprint density at radius 1 is 1.33 bits per heavy atom. The summed E-state index contributed by atoms with van der Waals surface area (Å²) in [6.07, 6.45) is -4.49. The van der Waals surface area contributed by atoms with E-state index in [4.69, 9.17) is 0 Å². The minimum absolute atomic E-state index is 0.245. The van der Waals surface area contributed by atoms with Gasteiger partial charge in [-0.1, -0.05) is 18.2 Å². The first-order valence-electron chi connectivity index (χ1n) is 5.51. The Kier molecular flexibility index (Phi) is 3.97. The SMILES string of the molecule is O=C(c1ccccc1C(F)(F)F)C1CSCCN1. The van der Waals surface area contributed by atoms with Gasteiger partial charge in [0.25, 0.3) is 0 Å². The van der Waals surface area contributed by atoms with E-state index in [1.54, 1.807) is 11.8 Å². The van der Waals surface area contributed by atoms with Gasteiger partial charge in [0.1, 0.15) is 0 Å². The quantitative estimate of drug-likeness (QED) is 0.841. The fourth-order valence-corrected chi connectivity index (χ4v) is 2.80. The van der Waals surface area contributed by atoms with E-state index in [0.29, 0.717) is 12.3 Å². The second kappa shape index (κ2) is 5.32. The summed E-state index contributed by atoms with van der Waals surface area (Å²) in [4.78, 5) is 12.1. The maximum Gasteiger partial charge on any atom is 0.417 e. The summed E-state index contributed by atoms with van der Waals surface area (Å²) in [6.45, 7) is 0.648. The topological polar surface area (TPSA) is 29.1 Å². The Labute approximate surface area is 107 Å². The van der Waals surface area contributed by atoms with E-state index < -0.39 is 23.6 Å². The van der Waals surface area contributed by atoms with E-state index in [0.717, 1.165) is 11.8 Å². The molecule has 1 aliphatic heterocycles. The first kappa shape index (κ1) is 13.4. The molecule has 1 aromatic rings. The molecule has 1 aliphatic rings. The molecule has 1 unspecified atom stereocenters. The number of benzene rings is 1. The summed E-state index contributed by atoms with van der Waals surface area (Å²) in [7, 11) is 0. The largest absolute Gasteiger partial charge is 0.417 e. The fourth-order valence-electron chi connectivity index (χ4n) is 1.87. The third kappa shape index (κ3) is 2.87. The van der Waals surface area contributed by atoms with E-state index in [9.17, 15) is 18.0 Å². The zero-order valence-electron chi connectivity index (χ0n) is 9.46. The van der Waals surface area contributed by atoms with Gasteiger partial charge in [0.2, 0.25) is 0 Å². The standard InChI is InChI=1S/C12H12F3NOS/c13-12(14,15)9-4-2-1-3-8(9)11(17)10-7-18-6-5-16-10/h1-4,10,16H,5-7H2. The predicted octanol–water partition coefficient (Wildman–Crippen LogP) is 2.59. The molecule has 0 saturated carbocycles. The van der Waals surface area contributed by atoms with Crippen molar-refractivity contribution >= 4 is 17.5 Å². The minimum atomic E-state index is -4.49. The Morgan fingerprint density at radius 3 is 2.67 bits per heavy atom. The van der Waals surface area contributed by atoms with Crippen LogP contribution in [0.4, 0.5) is 13.2 Å². The minimum Gasteiger partial charge on any atom is -0.306 e. The molecule has 2 nitrogen and oxygen atoms in total. The number of rotatable bonds is 2. The molecule has 0 spiro atoms. The van der Waals surface area contributed by atoms with Crippen LogP contribution < -0.4 is 5.32 Å². The first-order valence-corrected chi connectivity index (χ1v) is 6.67. The molecule has 1 heterocycles. The van der Waals surface area contributed by atoms with E-state index in [1.165, 1.54) is 18.2 Å². The van der Waals surface area contributed by atoms with E-state index >= 15 is 0 Å². The number of ketones is 1. The number of alkyl halides is 3. The summed E-state index contributed by atoms with van der Waals surface area (Å²) in [5.41, 5.74) is -1.10. The van der Waals surface area contributed by atoms with E-state index in [2.05, 4.69) is 5.32 Å². The predicted molar refractivity (Wildman–Crippen MR) is 64.9 cm³/mol. The molecule has 0 aliphatic carbocycles. The zero-order valence-corrected chi connectivity index (χ0v) is 10.3. The van der Waals surface area contributed by atoms with Gasteiger partial charge in [-0.25, -0.2) is 0 Å². The molecule has 1 saturated heterocycles. The fraction of sp³-hybridized carbons (Fsp3) is 0.417. The van der Waals surface area contributed by atoms with Crippen molar-refractivity contribution in [3.8, 4) is 0 Å². The molecule has 1 N–H and O–H groups in total. The normalized spacial score (nSPS) is 20.7. The van der Waals surface area contributed by atoms with Crippen LogP contribution in [0.15, 0.2) is 24.3 Å². The first-order chi connectivity index (χ1) is 8.50. The van der Waals surface area contributed by atoms with Gasteiger partial charge < -0.3 is 5.32 Å². The van der Waals surface area contributed by atoms with Crippen molar-refractivity contribution in [2.45, 2.75) is 12.2 Å². The van der Waals surface area contributed by atoms with Gasteiger partial charge in [0.15, 0.2) is 5.78 Å². The number of hydrogen-bond acceptors (Lipinski definition) is 3. The molecule has 1 atom stereocenters. The third-order valence-corrected chi connectivity index (χ3v) is 3.80. The van der Waals surface area contributed by atoms with Gasteiger partial charge in [0, 0.05) is 23.6 Å². The molecular formula is C12H12F3NOS. The summed E-state index contributed by atoms with van der Waals surface area (Å²) in [6, 6.07) is 4.42. The second-order valence-corrected chi connectivity index (χ2v) is 5.14. The van der Waals surface area contributed by atoms with Crippen LogP contribution in [-0.4, -0.2) is 29.9 Å². The number of Topliss-reactive ketones (excluding diaryl/α,β-unsaturated/α-hetero) is 1. The monoisotopic (exact) mass is 275 g/mol. The van der Waals surface area contributed by atoms with Gasteiger partial charge in [-0.05, 0) is 6.07 Å². The molecule has 0 radical (unpaired) electrons. The lowest BCUT2D eigenvalue weighted by Crippen LogP contribution is -2.43. The van der Waals surface area contributed by atoms with Crippen LogP contribution in [-0.2, 0) is 6.18 Å². The third-order valence-electron chi connectivity index (χ3n) is 2.74. The lowest BCUT2D eigenvalue weighted by Gasteiger charge is -2.23. The summed E-state index contributed by atoms with van der Waals surface area (Å²) in [5, 5.41) is 2.96. The van der Waals surface area contributed by atoms with Crippen LogP contribution in [0.5, 0.6) is 0 Å². The van der Waals surface area contributed by atoms with Crippen LogP contribution in [0.3, 0.4) is 0 Å². The molecule has 1 aromatic carbocycles. The maximum absolute atomic E-state index is 12.8. The second-order valence-electron chi connectivity index (χ2n) is 3.99. The van der Waals surface area contributed by atoms with Crippen LogP contribution in [0.25, 0.3) is 0 Å². The van der Waals surface area contributed by atoms with Crippen molar-refractivity contribution in [2.75, 3.05) is 18.1 Å². The highest BCUT2D eigenvalue weighted by molar-refractivity contribution is 7.99. The molecule has 6 heteroatoms. The maximum atomic E-state index is 12.8. The van der Waals surface area contributed by atoms with Crippen molar-refractivity contribution < 1.29 is 18.0 Å². The van der Waals surface area contributed by atoms with Crippen molar-refractivity contribution in [1.29, 1.82) is 0 Å². The van der Waals surface area contributed by atoms with Crippen molar-refractivity contribution in [2.24, 2.45) is 0 Å². The van der Waals surface area contributed by atoms with Crippen molar-refractivity contribution in [3.05, 3.63) is 35.4 Å². The highest BCUT2D eigenvalue weighted by Gasteiger charge is 2.36. The number of carbonyl (C=O) groups is 1. The smallest absolute Gasteiger partial charge is 0.306 e. The summed E-state index contributed by atoms with van der Waals surface area (Å²) < 4.78 is 38.4. The molecule has 0 aromatic heterocycles. The highest BCUT2D eigenvalue weighted by Crippen LogP contribution is 2.32. The van der Waals surface area contributed by atoms with Crippen molar-refractivity contribution in [1.82, 2.24) is 5.32 Å². The molecule has 1 fully saturated rings. The van der Waals surface area contributed by atoms with Gasteiger partial charge in [-0.3, -0.25) is 4.79 Å². The highest BCUT2D eigenvalue weighted by atomic mass is 32.2. The zero-order chi connectivity index (χ0) is 13.2. The number of halogens is 3. The van der Waals surface area contributed by atoms with Gasteiger partial charge in [-0.2, -0.15) is 24.9 Å². The summed E-state index contributed by atoms with van der Waals surface area (Å²) in [5.74, 6) is 0.922.